The van der Waals surface area contributed by atoms with Gasteiger partial charge in [0.25, 0.3) is 0 Å². The van der Waals surface area contributed by atoms with Crippen LogP contribution >= 0.6 is 12.2 Å². The van der Waals surface area contributed by atoms with E-state index in [4.69, 9.17) is 17.0 Å². The molecule has 0 unspecified atom stereocenters. The average molecular weight is 262 g/mol. The molecular weight excluding hydrogens is 248 g/mol. The van der Waals surface area contributed by atoms with E-state index in [9.17, 15) is 0 Å². The number of methoxy groups -OCH3 is 1. The number of rotatable bonds is 4. The maximum absolute atomic E-state index is 5.16. The standard InChI is InChI=1S/C12H14N4OS/c1-3-4-8-5-11(18)16-12(15-8)9-6-10(17-2)14-7-13-9/h5-7H,3-4H2,1-2H3,(H,15,16,18). The van der Waals surface area contributed by atoms with Crippen molar-refractivity contribution in [3.05, 3.63) is 28.8 Å². The molecule has 2 heterocycles. The number of nitrogens with zero attached hydrogens (tertiary/aromatic N) is 3. The minimum atomic E-state index is 0.502. The van der Waals surface area contributed by atoms with Gasteiger partial charge < -0.3 is 9.72 Å². The van der Waals surface area contributed by atoms with Crippen LogP contribution in [0.2, 0.25) is 0 Å². The van der Waals surface area contributed by atoms with Crippen LogP contribution in [0.1, 0.15) is 19.0 Å². The number of hydrogen-bond donors (Lipinski definition) is 1. The summed E-state index contributed by atoms with van der Waals surface area (Å²) in [5.41, 5.74) is 1.73. The molecule has 0 aromatic carbocycles. The first-order valence-electron chi connectivity index (χ1n) is 5.69. The van der Waals surface area contributed by atoms with Crippen molar-refractivity contribution in [3.8, 4) is 17.4 Å². The Labute approximate surface area is 110 Å². The third-order valence-electron chi connectivity index (χ3n) is 2.41. The van der Waals surface area contributed by atoms with Crippen LogP contribution in [-0.2, 0) is 6.42 Å². The van der Waals surface area contributed by atoms with E-state index >= 15 is 0 Å². The summed E-state index contributed by atoms with van der Waals surface area (Å²) in [5, 5.41) is 0. The molecule has 5 nitrogen and oxygen atoms in total. The molecule has 0 radical (unpaired) electrons. The maximum Gasteiger partial charge on any atom is 0.216 e. The number of hydrogen-bond acceptors (Lipinski definition) is 5. The van der Waals surface area contributed by atoms with Crippen LogP contribution in [0.5, 0.6) is 5.88 Å². The second-order valence-corrected chi connectivity index (χ2v) is 4.21. The number of aromatic amines is 1. The van der Waals surface area contributed by atoms with Crippen LogP contribution in [0.15, 0.2) is 18.5 Å². The summed E-state index contributed by atoms with van der Waals surface area (Å²) in [5.74, 6) is 1.15. The molecule has 0 fully saturated rings. The van der Waals surface area contributed by atoms with Crippen molar-refractivity contribution in [3.63, 3.8) is 0 Å². The van der Waals surface area contributed by atoms with Gasteiger partial charge in [0.2, 0.25) is 5.88 Å². The van der Waals surface area contributed by atoms with Gasteiger partial charge >= 0.3 is 0 Å². The van der Waals surface area contributed by atoms with Crippen molar-refractivity contribution in [2.24, 2.45) is 0 Å². The minimum Gasteiger partial charge on any atom is -0.481 e. The smallest absolute Gasteiger partial charge is 0.216 e. The second kappa shape index (κ2) is 5.68. The molecular formula is C12H14N4OS. The highest BCUT2D eigenvalue weighted by atomic mass is 32.1. The summed E-state index contributed by atoms with van der Waals surface area (Å²) in [6.45, 7) is 2.12. The molecule has 2 rings (SSSR count). The molecule has 18 heavy (non-hydrogen) atoms. The van der Waals surface area contributed by atoms with E-state index in [-0.39, 0.29) is 0 Å². The fourth-order valence-electron chi connectivity index (χ4n) is 1.61. The van der Waals surface area contributed by atoms with Crippen LogP contribution in [0.25, 0.3) is 11.5 Å². The third-order valence-corrected chi connectivity index (χ3v) is 2.62. The molecule has 0 spiro atoms. The molecule has 1 N–H and O–H groups in total. The Morgan fingerprint density at radius 1 is 1.33 bits per heavy atom. The zero-order chi connectivity index (χ0) is 13.0. The van der Waals surface area contributed by atoms with Crippen molar-refractivity contribution in [2.45, 2.75) is 19.8 Å². The summed E-state index contributed by atoms with van der Waals surface area (Å²) in [6, 6.07) is 3.60. The lowest BCUT2D eigenvalue weighted by atomic mass is 10.2. The largest absolute Gasteiger partial charge is 0.481 e. The SMILES string of the molecule is CCCc1cc(=S)nc(-c2cc(OC)ncn2)[nH]1. The fourth-order valence-corrected chi connectivity index (χ4v) is 1.85. The van der Waals surface area contributed by atoms with Crippen molar-refractivity contribution < 1.29 is 4.74 Å². The van der Waals surface area contributed by atoms with Gasteiger partial charge in [-0.05, 0) is 12.5 Å². The van der Waals surface area contributed by atoms with Gasteiger partial charge in [-0.3, -0.25) is 0 Å². The molecule has 0 atom stereocenters. The van der Waals surface area contributed by atoms with Crippen molar-refractivity contribution in [1.82, 2.24) is 19.9 Å². The van der Waals surface area contributed by atoms with E-state index in [1.165, 1.54) is 6.33 Å². The van der Waals surface area contributed by atoms with Gasteiger partial charge in [-0.15, -0.1) is 0 Å². The highest BCUT2D eigenvalue weighted by Gasteiger charge is 2.05. The maximum atomic E-state index is 5.16. The first kappa shape index (κ1) is 12.6. The van der Waals surface area contributed by atoms with E-state index in [1.54, 1.807) is 13.2 Å². The van der Waals surface area contributed by atoms with Gasteiger partial charge in [-0.1, -0.05) is 25.6 Å². The molecule has 0 aliphatic rings. The van der Waals surface area contributed by atoms with Gasteiger partial charge in [0, 0.05) is 11.8 Å². The number of aryl methyl sites for hydroxylation is 1. The topological polar surface area (TPSA) is 63.7 Å². The number of nitrogens with one attached hydrogen (secondary N) is 1. The highest BCUT2D eigenvalue weighted by Crippen LogP contribution is 2.16. The number of aromatic nitrogens is 4. The van der Waals surface area contributed by atoms with Crippen LogP contribution in [0, 0.1) is 4.64 Å². The summed E-state index contributed by atoms with van der Waals surface area (Å²) >= 11 is 5.16. The summed E-state index contributed by atoms with van der Waals surface area (Å²) in [7, 11) is 1.56. The zero-order valence-electron chi connectivity index (χ0n) is 10.3. The van der Waals surface area contributed by atoms with Gasteiger partial charge in [0.05, 0.1) is 7.11 Å². The Balaban J connectivity index is 2.45. The zero-order valence-corrected chi connectivity index (χ0v) is 11.1. The van der Waals surface area contributed by atoms with E-state index in [0.29, 0.717) is 22.0 Å². The Kier molecular flexibility index (Phi) is 3.99. The quantitative estimate of drug-likeness (QED) is 0.858. The van der Waals surface area contributed by atoms with Crippen LogP contribution in [0.4, 0.5) is 0 Å². The van der Waals surface area contributed by atoms with Crippen LogP contribution in [0.3, 0.4) is 0 Å². The molecule has 6 heteroatoms. The van der Waals surface area contributed by atoms with E-state index in [1.807, 2.05) is 6.07 Å². The van der Waals surface area contributed by atoms with Crippen LogP contribution < -0.4 is 4.74 Å². The first-order chi connectivity index (χ1) is 8.72. The predicted octanol–water partition coefficient (Wildman–Crippen LogP) is 2.56. The predicted molar refractivity (Wildman–Crippen MR) is 71.0 cm³/mol. The lowest BCUT2D eigenvalue weighted by Gasteiger charge is -2.05. The fraction of sp³-hybridized carbons (Fsp3) is 0.333. The average Bonchev–Trinajstić information content (AvgIpc) is 2.38. The molecule has 0 bridgehead atoms. The summed E-state index contributed by atoms with van der Waals surface area (Å²) in [6.07, 6.45) is 3.42. The van der Waals surface area contributed by atoms with E-state index in [2.05, 4.69) is 26.9 Å². The molecule has 2 aromatic heterocycles. The number of ether oxygens (including phenoxy) is 1. The van der Waals surface area contributed by atoms with Crippen molar-refractivity contribution >= 4 is 12.2 Å². The number of H-pyrrole nitrogens is 1. The summed E-state index contributed by atoms with van der Waals surface area (Å²) in [4.78, 5) is 15.6. The summed E-state index contributed by atoms with van der Waals surface area (Å²) < 4.78 is 5.63. The first-order valence-corrected chi connectivity index (χ1v) is 6.10. The minimum absolute atomic E-state index is 0.502. The Morgan fingerprint density at radius 3 is 2.89 bits per heavy atom. The molecule has 2 aromatic rings. The molecule has 0 saturated carbocycles. The highest BCUT2D eigenvalue weighted by molar-refractivity contribution is 7.71. The molecule has 0 saturated heterocycles. The molecule has 0 amide bonds. The van der Waals surface area contributed by atoms with Crippen molar-refractivity contribution in [1.29, 1.82) is 0 Å². The van der Waals surface area contributed by atoms with Gasteiger partial charge in [0.1, 0.15) is 16.7 Å². The lowest BCUT2D eigenvalue weighted by Crippen LogP contribution is -1.98. The normalized spacial score (nSPS) is 10.3. The third kappa shape index (κ3) is 2.89. The van der Waals surface area contributed by atoms with Gasteiger partial charge in [0.15, 0.2) is 5.82 Å². The molecule has 0 aliphatic carbocycles. The molecule has 0 aliphatic heterocycles. The Hall–Kier alpha value is -1.82. The van der Waals surface area contributed by atoms with Crippen LogP contribution in [-0.4, -0.2) is 27.0 Å². The van der Waals surface area contributed by atoms with Gasteiger partial charge in [-0.2, -0.15) is 0 Å². The van der Waals surface area contributed by atoms with Crippen molar-refractivity contribution in [2.75, 3.05) is 7.11 Å². The Bertz CT molecular complexity index is 597. The monoisotopic (exact) mass is 262 g/mol. The van der Waals surface area contributed by atoms with Gasteiger partial charge in [-0.25, -0.2) is 15.0 Å². The lowest BCUT2D eigenvalue weighted by molar-refractivity contribution is 0.397. The van der Waals surface area contributed by atoms with E-state index < -0.39 is 0 Å². The Morgan fingerprint density at radius 2 is 2.17 bits per heavy atom. The second-order valence-electron chi connectivity index (χ2n) is 3.79. The van der Waals surface area contributed by atoms with E-state index in [0.717, 1.165) is 18.5 Å². The molecule has 94 valence electrons.